The molecule has 5 N–H and O–H groups in total. The van der Waals surface area contributed by atoms with E-state index in [1.54, 1.807) is 24.3 Å². The standard InChI is InChI=1S/C24H21ClFN5O4S/c1-24(2,27)13-5-3-4-12(8-13)21(34)28-17-10-18(14(25)9-15(17)26)35-20-7-6-16-22(31-20)36-23(29-16)30-19(33)11-32/h3-10,32H,11,27H2,1-2H3,(H,28,34)(H,29,30,33). The minimum atomic E-state index is -0.744. The van der Waals surface area contributed by atoms with Crippen LogP contribution in [0.15, 0.2) is 48.5 Å². The lowest BCUT2D eigenvalue weighted by Crippen LogP contribution is -2.29. The van der Waals surface area contributed by atoms with Crippen LogP contribution in [0.1, 0.15) is 29.8 Å². The second-order valence-corrected chi connectivity index (χ2v) is 9.70. The average Bonchev–Trinajstić information content (AvgIpc) is 3.23. The summed E-state index contributed by atoms with van der Waals surface area (Å²) in [5, 5.41) is 14.1. The molecule has 36 heavy (non-hydrogen) atoms. The number of aromatic nitrogens is 2. The molecular formula is C24H21ClFN5O4S. The number of ether oxygens (including phenoxy) is 1. The van der Waals surface area contributed by atoms with Crippen molar-refractivity contribution in [1.29, 1.82) is 0 Å². The quantitative estimate of drug-likeness (QED) is 0.273. The van der Waals surface area contributed by atoms with Gasteiger partial charge >= 0.3 is 0 Å². The molecule has 0 saturated carbocycles. The number of hydrogen-bond donors (Lipinski definition) is 4. The maximum absolute atomic E-state index is 14.6. The first-order valence-electron chi connectivity index (χ1n) is 10.6. The van der Waals surface area contributed by atoms with Crippen molar-refractivity contribution in [3.05, 3.63) is 70.5 Å². The maximum Gasteiger partial charge on any atom is 0.255 e. The number of nitrogens with two attached hydrogens (primary N) is 1. The van der Waals surface area contributed by atoms with E-state index in [-0.39, 0.29) is 27.5 Å². The van der Waals surface area contributed by atoms with Crippen molar-refractivity contribution in [2.24, 2.45) is 5.73 Å². The Morgan fingerprint density at radius 1 is 1.17 bits per heavy atom. The lowest BCUT2D eigenvalue weighted by atomic mass is 9.94. The van der Waals surface area contributed by atoms with E-state index >= 15 is 0 Å². The van der Waals surface area contributed by atoms with Gasteiger partial charge in [0.2, 0.25) is 5.88 Å². The van der Waals surface area contributed by atoms with E-state index < -0.39 is 29.8 Å². The van der Waals surface area contributed by atoms with Gasteiger partial charge in [-0.2, -0.15) is 0 Å². The zero-order valence-corrected chi connectivity index (χ0v) is 20.7. The van der Waals surface area contributed by atoms with Gasteiger partial charge in [0.05, 0.1) is 10.7 Å². The van der Waals surface area contributed by atoms with Gasteiger partial charge in [-0.25, -0.2) is 14.4 Å². The predicted octanol–water partition coefficient (Wildman–Crippen LogP) is 4.65. The van der Waals surface area contributed by atoms with Crippen LogP contribution < -0.4 is 21.1 Å². The summed E-state index contributed by atoms with van der Waals surface area (Å²) in [7, 11) is 0. The van der Waals surface area contributed by atoms with Gasteiger partial charge in [0.25, 0.3) is 11.8 Å². The number of aliphatic hydroxyl groups excluding tert-OH is 1. The molecule has 0 bridgehead atoms. The van der Waals surface area contributed by atoms with Crippen LogP contribution in [0.2, 0.25) is 5.02 Å². The molecule has 0 saturated heterocycles. The second kappa shape index (κ2) is 10.2. The molecule has 0 radical (unpaired) electrons. The van der Waals surface area contributed by atoms with Crippen molar-refractivity contribution >= 4 is 55.9 Å². The predicted molar refractivity (Wildman–Crippen MR) is 136 cm³/mol. The third-order valence-corrected chi connectivity index (χ3v) is 6.15. The van der Waals surface area contributed by atoms with Gasteiger partial charge in [0.15, 0.2) is 5.13 Å². The number of carbonyl (C=O) groups is 2. The second-order valence-electron chi connectivity index (χ2n) is 8.32. The van der Waals surface area contributed by atoms with E-state index in [4.69, 9.17) is 27.2 Å². The number of fused-ring (bicyclic) bond motifs is 1. The Balaban J connectivity index is 1.56. The number of pyridine rings is 1. The van der Waals surface area contributed by atoms with Crippen molar-refractivity contribution < 1.29 is 23.8 Å². The minimum Gasteiger partial charge on any atom is -0.437 e. The SMILES string of the molecule is CC(C)(N)c1cccc(C(=O)Nc2cc(Oc3ccc4nc(NC(=O)CO)sc4n3)c(Cl)cc2F)c1. The normalized spacial score (nSPS) is 11.4. The molecule has 2 amide bonds. The van der Waals surface area contributed by atoms with Crippen LogP contribution >= 0.6 is 22.9 Å². The van der Waals surface area contributed by atoms with Crippen LogP contribution in [0, 0.1) is 5.82 Å². The lowest BCUT2D eigenvalue weighted by Gasteiger charge is -2.19. The summed E-state index contributed by atoms with van der Waals surface area (Å²) < 4.78 is 20.4. The fourth-order valence-corrected chi connectivity index (χ4v) is 4.18. The fraction of sp³-hybridized carbons (Fsp3) is 0.167. The molecule has 9 nitrogen and oxygen atoms in total. The molecule has 4 aromatic rings. The fourth-order valence-electron chi connectivity index (χ4n) is 3.14. The summed E-state index contributed by atoms with van der Waals surface area (Å²) >= 11 is 7.25. The number of anilines is 2. The molecule has 0 fully saturated rings. The van der Waals surface area contributed by atoms with Crippen molar-refractivity contribution in [3.63, 3.8) is 0 Å². The van der Waals surface area contributed by atoms with Crippen molar-refractivity contribution in [2.75, 3.05) is 17.2 Å². The number of rotatable bonds is 7. The van der Waals surface area contributed by atoms with Crippen LogP contribution in [0.3, 0.4) is 0 Å². The highest BCUT2D eigenvalue weighted by Gasteiger charge is 2.18. The molecule has 0 atom stereocenters. The maximum atomic E-state index is 14.6. The van der Waals surface area contributed by atoms with E-state index in [0.717, 1.165) is 23.0 Å². The number of nitrogens with zero attached hydrogens (tertiary/aromatic N) is 2. The smallest absolute Gasteiger partial charge is 0.255 e. The van der Waals surface area contributed by atoms with E-state index in [0.29, 0.717) is 15.9 Å². The minimum absolute atomic E-state index is 0.0283. The number of benzene rings is 2. The Bertz CT molecular complexity index is 1470. The monoisotopic (exact) mass is 529 g/mol. The van der Waals surface area contributed by atoms with Crippen molar-refractivity contribution in [1.82, 2.24) is 9.97 Å². The summed E-state index contributed by atoms with van der Waals surface area (Å²) in [6, 6.07) is 12.2. The van der Waals surface area contributed by atoms with Gasteiger partial charge in [-0.1, -0.05) is 35.1 Å². The highest BCUT2D eigenvalue weighted by Crippen LogP contribution is 2.35. The molecule has 0 aliphatic rings. The molecule has 2 aromatic carbocycles. The van der Waals surface area contributed by atoms with Crippen LogP contribution in [0.25, 0.3) is 10.3 Å². The third kappa shape index (κ3) is 5.77. The van der Waals surface area contributed by atoms with E-state index in [2.05, 4.69) is 20.6 Å². The van der Waals surface area contributed by atoms with Gasteiger partial charge in [-0.15, -0.1) is 0 Å². The zero-order chi connectivity index (χ0) is 26.0. The van der Waals surface area contributed by atoms with E-state index in [1.165, 1.54) is 12.1 Å². The molecule has 186 valence electrons. The highest BCUT2D eigenvalue weighted by atomic mass is 35.5. The summed E-state index contributed by atoms with van der Waals surface area (Å²) in [6.07, 6.45) is 0. The van der Waals surface area contributed by atoms with Crippen LogP contribution in [0.5, 0.6) is 11.6 Å². The molecule has 4 rings (SSSR count). The van der Waals surface area contributed by atoms with Gasteiger partial charge < -0.3 is 20.9 Å². The molecule has 0 unspecified atom stereocenters. The highest BCUT2D eigenvalue weighted by molar-refractivity contribution is 7.21. The Morgan fingerprint density at radius 2 is 1.94 bits per heavy atom. The van der Waals surface area contributed by atoms with Gasteiger partial charge in [0.1, 0.15) is 28.5 Å². The number of aliphatic hydroxyl groups is 1. The molecule has 0 aliphatic carbocycles. The average molecular weight is 530 g/mol. The van der Waals surface area contributed by atoms with Gasteiger partial charge in [-0.3, -0.25) is 14.9 Å². The summed E-state index contributed by atoms with van der Waals surface area (Å²) in [5.41, 5.74) is 6.89. The number of thiazole rings is 1. The number of hydrogen-bond acceptors (Lipinski definition) is 8. The van der Waals surface area contributed by atoms with Crippen LogP contribution in [-0.2, 0) is 10.3 Å². The molecule has 0 aliphatic heterocycles. The van der Waals surface area contributed by atoms with Gasteiger partial charge in [0, 0.05) is 23.2 Å². The van der Waals surface area contributed by atoms with Crippen LogP contribution in [-0.4, -0.2) is 33.5 Å². The zero-order valence-electron chi connectivity index (χ0n) is 19.1. The number of halogens is 2. The molecule has 2 aromatic heterocycles. The topological polar surface area (TPSA) is 139 Å². The van der Waals surface area contributed by atoms with E-state index in [9.17, 15) is 14.0 Å². The Hall–Kier alpha value is -3.64. The number of carbonyl (C=O) groups excluding carboxylic acids is 2. The van der Waals surface area contributed by atoms with Crippen molar-refractivity contribution in [3.8, 4) is 11.6 Å². The largest absolute Gasteiger partial charge is 0.437 e. The molecule has 12 heteroatoms. The number of nitrogens with one attached hydrogen (secondary N) is 2. The Labute approximate surface area is 214 Å². The summed E-state index contributed by atoms with van der Waals surface area (Å²) in [5.74, 6) is -1.68. The Morgan fingerprint density at radius 3 is 2.67 bits per heavy atom. The van der Waals surface area contributed by atoms with Crippen LogP contribution in [0.4, 0.5) is 15.2 Å². The molecule has 2 heterocycles. The van der Waals surface area contributed by atoms with Crippen molar-refractivity contribution in [2.45, 2.75) is 19.4 Å². The summed E-state index contributed by atoms with van der Waals surface area (Å²) in [6.45, 7) is 2.96. The van der Waals surface area contributed by atoms with E-state index in [1.807, 2.05) is 19.9 Å². The first-order chi connectivity index (χ1) is 17.0. The van der Waals surface area contributed by atoms with Gasteiger partial charge in [-0.05, 0) is 43.7 Å². The third-order valence-electron chi connectivity index (χ3n) is 4.97. The summed E-state index contributed by atoms with van der Waals surface area (Å²) in [4.78, 5) is 33.1. The first kappa shape index (κ1) is 25.5. The Kier molecular flexibility index (Phi) is 7.18. The first-order valence-corrected chi connectivity index (χ1v) is 11.8. The lowest BCUT2D eigenvalue weighted by molar-refractivity contribution is -0.118. The molecular weight excluding hydrogens is 509 g/mol. The molecule has 0 spiro atoms. The number of amides is 2.